The zero-order valence-corrected chi connectivity index (χ0v) is 7.40. The molecule has 13 heavy (non-hydrogen) atoms. The second-order valence-corrected chi connectivity index (χ2v) is 3.34. The molecule has 5 nitrogen and oxygen atoms in total. The second kappa shape index (κ2) is 3.26. The number of nitrogens with two attached hydrogens (primary N) is 1. The van der Waals surface area contributed by atoms with Crippen molar-refractivity contribution in [3.63, 3.8) is 0 Å². The van der Waals surface area contributed by atoms with Gasteiger partial charge in [-0.15, -0.1) is 0 Å². The summed E-state index contributed by atoms with van der Waals surface area (Å²) >= 11 is 0. The molecule has 1 aliphatic rings. The van der Waals surface area contributed by atoms with Crippen LogP contribution in [0.3, 0.4) is 0 Å². The normalized spacial score (nSPS) is 22.5. The summed E-state index contributed by atoms with van der Waals surface area (Å²) in [6, 6.07) is 0.208. The van der Waals surface area contributed by atoms with E-state index in [-0.39, 0.29) is 12.6 Å². The minimum atomic E-state index is 0.185. The van der Waals surface area contributed by atoms with Crippen molar-refractivity contribution in [1.29, 1.82) is 0 Å². The fourth-order valence-electron chi connectivity index (χ4n) is 1.86. The fourth-order valence-corrected chi connectivity index (χ4v) is 1.86. The van der Waals surface area contributed by atoms with E-state index in [2.05, 4.69) is 15.1 Å². The third kappa shape index (κ3) is 1.35. The average Bonchev–Trinajstić information content (AvgIpc) is 2.71. The Hall–Kier alpha value is -1.23. The van der Waals surface area contributed by atoms with Crippen molar-refractivity contribution < 1.29 is 5.11 Å². The van der Waals surface area contributed by atoms with Crippen LogP contribution >= 0.6 is 0 Å². The summed E-state index contributed by atoms with van der Waals surface area (Å²) in [6.07, 6.45) is 3.85. The van der Waals surface area contributed by atoms with Crippen molar-refractivity contribution in [2.24, 2.45) is 0 Å². The molecule has 4 N–H and O–H groups in total. The van der Waals surface area contributed by atoms with Gasteiger partial charge in [0.2, 0.25) is 0 Å². The smallest absolute Gasteiger partial charge is 0.142 e. The van der Waals surface area contributed by atoms with Crippen LogP contribution in [-0.4, -0.2) is 34.5 Å². The summed E-state index contributed by atoms with van der Waals surface area (Å²) < 4.78 is 0. The number of hydrogen-bond donors (Lipinski definition) is 3. The molecule has 0 radical (unpaired) electrons. The summed E-state index contributed by atoms with van der Waals surface area (Å²) in [5.41, 5.74) is 6.61. The lowest BCUT2D eigenvalue weighted by Gasteiger charge is -2.23. The van der Waals surface area contributed by atoms with Gasteiger partial charge in [-0.2, -0.15) is 5.10 Å². The number of nitrogens with one attached hydrogen (secondary N) is 1. The molecule has 5 heteroatoms. The highest BCUT2D eigenvalue weighted by Gasteiger charge is 2.25. The lowest BCUT2D eigenvalue weighted by atomic mass is 10.2. The number of aromatic nitrogens is 2. The highest BCUT2D eigenvalue weighted by Crippen LogP contribution is 2.28. The molecular weight excluding hydrogens is 168 g/mol. The lowest BCUT2D eigenvalue weighted by Crippen LogP contribution is -2.32. The molecule has 72 valence electrons. The molecule has 1 fully saturated rings. The SMILES string of the molecule is Nc1[nH]ncc1N1CCCC1CO. The number of H-pyrrole nitrogens is 1. The highest BCUT2D eigenvalue weighted by molar-refractivity contribution is 5.63. The zero-order chi connectivity index (χ0) is 9.26. The quantitative estimate of drug-likeness (QED) is 0.599. The predicted octanol–water partition coefficient (Wildman–Crippen LogP) is -0.0470. The summed E-state index contributed by atoms with van der Waals surface area (Å²) in [5.74, 6) is 0.584. The van der Waals surface area contributed by atoms with Crippen molar-refractivity contribution in [2.75, 3.05) is 23.8 Å². The number of hydrogen-bond acceptors (Lipinski definition) is 4. The zero-order valence-electron chi connectivity index (χ0n) is 7.40. The molecular formula is C8H14N4O. The number of nitrogen functional groups attached to an aromatic ring is 1. The number of aromatic amines is 1. The van der Waals surface area contributed by atoms with Crippen LogP contribution in [0.5, 0.6) is 0 Å². The first-order chi connectivity index (χ1) is 6.33. The molecule has 1 unspecified atom stereocenters. The Kier molecular flexibility index (Phi) is 2.10. The molecule has 0 aliphatic carbocycles. The first-order valence-corrected chi connectivity index (χ1v) is 4.49. The topological polar surface area (TPSA) is 78.2 Å². The molecule has 0 spiro atoms. The number of anilines is 2. The Labute approximate surface area is 76.5 Å². The number of nitrogens with zero attached hydrogens (tertiary/aromatic N) is 2. The number of aliphatic hydroxyl groups excluding tert-OH is 1. The minimum absolute atomic E-state index is 0.185. The number of aliphatic hydroxyl groups is 1. The highest BCUT2D eigenvalue weighted by atomic mass is 16.3. The van der Waals surface area contributed by atoms with Gasteiger partial charge < -0.3 is 15.7 Å². The maximum Gasteiger partial charge on any atom is 0.142 e. The van der Waals surface area contributed by atoms with Crippen molar-refractivity contribution >= 4 is 11.5 Å². The molecule has 1 saturated heterocycles. The standard InChI is InChI=1S/C8H14N4O/c9-8-7(4-10-11-8)12-3-1-2-6(12)5-13/h4,6,13H,1-3,5H2,(H3,9,10,11). The van der Waals surface area contributed by atoms with E-state index >= 15 is 0 Å². The van der Waals surface area contributed by atoms with E-state index in [1.165, 1.54) is 0 Å². The van der Waals surface area contributed by atoms with Crippen molar-refractivity contribution in [1.82, 2.24) is 10.2 Å². The molecule has 1 atom stereocenters. The van der Waals surface area contributed by atoms with Gasteiger partial charge in [-0.25, -0.2) is 0 Å². The molecule has 2 rings (SSSR count). The maximum absolute atomic E-state index is 9.11. The first kappa shape index (κ1) is 8.37. The van der Waals surface area contributed by atoms with E-state index in [0.29, 0.717) is 5.82 Å². The van der Waals surface area contributed by atoms with E-state index in [0.717, 1.165) is 25.1 Å². The van der Waals surface area contributed by atoms with Crippen molar-refractivity contribution in [2.45, 2.75) is 18.9 Å². The van der Waals surface area contributed by atoms with Crippen LogP contribution < -0.4 is 10.6 Å². The van der Waals surface area contributed by atoms with Gasteiger partial charge in [-0.3, -0.25) is 5.10 Å². The third-order valence-electron chi connectivity index (χ3n) is 2.55. The second-order valence-electron chi connectivity index (χ2n) is 3.34. The molecule has 0 bridgehead atoms. The average molecular weight is 182 g/mol. The molecule has 0 saturated carbocycles. The third-order valence-corrected chi connectivity index (χ3v) is 2.55. The van der Waals surface area contributed by atoms with E-state index in [9.17, 15) is 0 Å². The van der Waals surface area contributed by atoms with Gasteiger partial charge in [-0.1, -0.05) is 0 Å². The van der Waals surface area contributed by atoms with Gasteiger partial charge in [0.05, 0.1) is 24.5 Å². The van der Waals surface area contributed by atoms with Gasteiger partial charge >= 0.3 is 0 Å². The van der Waals surface area contributed by atoms with Crippen LogP contribution in [0, 0.1) is 0 Å². The van der Waals surface area contributed by atoms with Gasteiger partial charge in [0.15, 0.2) is 0 Å². The predicted molar refractivity (Wildman–Crippen MR) is 50.5 cm³/mol. The van der Waals surface area contributed by atoms with Crippen molar-refractivity contribution in [3.05, 3.63) is 6.20 Å². The van der Waals surface area contributed by atoms with Gasteiger partial charge in [0, 0.05) is 6.54 Å². The monoisotopic (exact) mass is 182 g/mol. The van der Waals surface area contributed by atoms with Crippen LogP contribution in [0.2, 0.25) is 0 Å². The van der Waals surface area contributed by atoms with E-state index in [1.807, 2.05) is 0 Å². The van der Waals surface area contributed by atoms with E-state index in [1.54, 1.807) is 6.20 Å². The summed E-state index contributed by atoms with van der Waals surface area (Å²) in [7, 11) is 0. The summed E-state index contributed by atoms with van der Waals surface area (Å²) in [6.45, 7) is 1.14. The largest absolute Gasteiger partial charge is 0.394 e. The van der Waals surface area contributed by atoms with Crippen LogP contribution in [-0.2, 0) is 0 Å². The molecule has 1 aromatic heterocycles. The van der Waals surface area contributed by atoms with E-state index < -0.39 is 0 Å². The minimum Gasteiger partial charge on any atom is -0.394 e. The van der Waals surface area contributed by atoms with Gasteiger partial charge in [0.1, 0.15) is 5.82 Å². The summed E-state index contributed by atoms with van der Waals surface area (Å²) in [5, 5.41) is 15.7. The Morgan fingerprint density at radius 3 is 3.23 bits per heavy atom. The summed E-state index contributed by atoms with van der Waals surface area (Å²) in [4.78, 5) is 2.11. The van der Waals surface area contributed by atoms with Crippen LogP contribution in [0.25, 0.3) is 0 Å². The first-order valence-electron chi connectivity index (χ1n) is 4.49. The Bertz CT molecular complexity index is 285. The Morgan fingerprint density at radius 2 is 2.62 bits per heavy atom. The van der Waals surface area contributed by atoms with E-state index in [4.69, 9.17) is 10.8 Å². The maximum atomic E-state index is 9.11. The van der Waals surface area contributed by atoms with Gasteiger partial charge in [-0.05, 0) is 12.8 Å². The van der Waals surface area contributed by atoms with Crippen molar-refractivity contribution in [3.8, 4) is 0 Å². The molecule has 0 amide bonds. The molecule has 1 aromatic rings. The van der Waals surface area contributed by atoms with Gasteiger partial charge in [0.25, 0.3) is 0 Å². The van der Waals surface area contributed by atoms with Crippen LogP contribution in [0.15, 0.2) is 6.20 Å². The molecule has 2 heterocycles. The lowest BCUT2D eigenvalue weighted by molar-refractivity contribution is 0.266. The fraction of sp³-hybridized carbons (Fsp3) is 0.625. The molecule has 1 aliphatic heterocycles. The Morgan fingerprint density at radius 1 is 1.77 bits per heavy atom. The van der Waals surface area contributed by atoms with Crippen LogP contribution in [0.1, 0.15) is 12.8 Å². The number of rotatable bonds is 2. The molecule has 0 aromatic carbocycles. The Balaban J connectivity index is 2.20. The van der Waals surface area contributed by atoms with Crippen LogP contribution in [0.4, 0.5) is 11.5 Å².